The Labute approximate surface area is 144 Å². The SMILES string of the molecule is CC(C)c1ccc(CCC(=O)N2CCC(C(=O)O)(C(C)C)C2)cc1. The number of carboxylic acids is 1. The van der Waals surface area contributed by atoms with Gasteiger partial charge in [-0.2, -0.15) is 0 Å². The van der Waals surface area contributed by atoms with Crippen LogP contribution in [0.25, 0.3) is 0 Å². The van der Waals surface area contributed by atoms with E-state index in [0.29, 0.717) is 38.3 Å². The molecule has 0 saturated carbocycles. The third-order valence-corrected chi connectivity index (χ3v) is 5.46. The number of hydrogen-bond acceptors (Lipinski definition) is 2. The summed E-state index contributed by atoms with van der Waals surface area (Å²) in [6, 6.07) is 8.41. The smallest absolute Gasteiger partial charge is 0.311 e. The number of hydrogen-bond donors (Lipinski definition) is 1. The molecule has 0 spiro atoms. The Balaban J connectivity index is 1.93. The molecule has 0 radical (unpaired) electrons. The quantitative estimate of drug-likeness (QED) is 0.864. The Morgan fingerprint density at radius 1 is 1.17 bits per heavy atom. The van der Waals surface area contributed by atoms with Gasteiger partial charge in [0, 0.05) is 19.5 Å². The maximum Gasteiger partial charge on any atom is 0.311 e. The monoisotopic (exact) mass is 331 g/mol. The third-order valence-electron chi connectivity index (χ3n) is 5.46. The van der Waals surface area contributed by atoms with E-state index in [4.69, 9.17) is 0 Å². The number of aryl methyl sites for hydroxylation is 1. The first-order chi connectivity index (χ1) is 11.3. The van der Waals surface area contributed by atoms with Gasteiger partial charge >= 0.3 is 5.97 Å². The lowest BCUT2D eigenvalue weighted by molar-refractivity contribution is -0.151. The Kier molecular flexibility index (Phi) is 5.68. The van der Waals surface area contributed by atoms with Gasteiger partial charge in [0.2, 0.25) is 5.91 Å². The van der Waals surface area contributed by atoms with Gasteiger partial charge in [0.15, 0.2) is 0 Å². The standard InChI is InChI=1S/C20H29NO3/c1-14(2)17-8-5-16(6-9-17)7-10-18(22)21-12-11-20(13-21,15(3)4)19(23)24/h5-6,8-9,14-15H,7,10-13H2,1-4H3,(H,23,24). The van der Waals surface area contributed by atoms with Gasteiger partial charge in [-0.3, -0.25) is 9.59 Å². The van der Waals surface area contributed by atoms with Crippen LogP contribution in [-0.2, 0) is 16.0 Å². The van der Waals surface area contributed by atoms with Crippen molar-refractivity contribution in [1.82, 2.24) is 4.90 Å². The molecule has 4 nitrogen and oxygen atoms in total. The lowest BCUT2D eigenvalue weighted by atomic mass is 9.76. The molecule has 0 bridgehead atoms. The largest absolute Gasteiger partial charge is 0.481 e. The summed E-state index contributed by atoms with van der Waals surface area (Å²) in [5.41, 5.74) is 1.67. The number of likely N-dealkylation sites (tertiary alicyclic amines) is 1. The van der Waals surface area contributed by atoms with Crippen molar-refractivity contribution >= 4 is 11.9 Å². The van der Waals surface area contributed by atoms with Gasteiger partial charge in [-0.25, -0.2) is 0 Å². The Hall–Kier alpha value is -1.84. The van der Waals surface area contributed by atoms with Crippen molar-refractivity contribution in [3.63, 3.8) is 0 Å². The molecule has 1 heterocycles. The number of carbonyl (C=O) groups is 2. The second kappa shape index (κ2) is 7.37. The number of carbonyl (C=O) groups excluding carboxylic acids is 1. The molecule has 1 unspecified atom stereocenters. The van der Waals surface area contributed by atoms with E-state index in [9.17, 15) is 14.7 Å². The first-order valence-corrected chi connectivity index (χ1v) is 8.86. The zero-order valence-corrected chi connectivity index (χ0v) is 15.2. The number of amides is 1. The summed E-state index contributed by atoms with van der Waals surface area (Å²) < 4.78 is 0. The molecular formula is C20H29NO3. The predicted molar refractivity (Wildman–Crippen MR) is 95.0 cm³/mol. The van der Waals surface area contributed by atoms with Gasteiger partial charge in [-0.15, -0.1) is 0 Å². The van der Waals surface area contributed by atoms with Crippen LogP contribution < -0.4 is 0 Å². The molecule has 1 N–H and O–H groups in total. The molecule has 0 aliphatic carbocycles. The molecule has 1 saturated heterocycles. The summed E-state index contributed by atoms with van der Waals surface area (Å²) in [5.74, 6) is -0.189. The Morgan fingerprint density at radius 2 is 1.79 bits per heavy atom. The van der Waals surface area contributed by atoms with Gasteiger partial charge in [-0.05, 0) is 35.8 Å². The van der Waals surface area contributed by atoms with E-state index in [1.54, 1.807) is 4.90 Å². The minimum atomic E-state index is -0.783. The highest BCUT2D eigenvalue weighted by molar-refractivity contribution is 5.81. The molecule has 4 heteroatoms. The van der Waals surface area contributed by atoms with Crippen LogP contribution in [0.4, 0.5) is 0 Å². The van der Waals surface area contributed by atoms with Gasteiger partial charge in [-0.1, -0.05) is 52.0 Å². The van der Waals surface area contributed by atoms with Crippen LogP contribution in [-0.4, -0.2) is 35.0 Å². The summed E-state index contributed by atoms with van der Waals surface area (Å²) >= 11 is 0. The van der Waals surface area contributed by atoms with Crippen molar-refractivity contribution in [2.45, 2.75) is 52.9 Å². The summed E-state index contributed by atoms with van der Waals surface area (Å²) in [5, 5.41) is 9.57. The summed E-state index contributed by atoms with van der Waals surface area (Å²) in [7, 11) is 0. The second-order valence-electron chi connectivity index (χ2n) is 7.58. The van der Waals surface area contributed by atoms with E-state index in [1.165, 1.54) is 5.56 Å². The second-order valence-corrected chi connectivity index (χ2v) is 7.58. The van der Waals surface area contributed by atoms with Gasteiger partial charge in [0.1, 0.15) is 0 Å². The van der Waals surface area contributed by atoms with Crippen LogP contribution in [0, 0.1) is 11.3 Å². The predicted octanol–water partition coefficient (Wildman–Crippen LogP) is 3.70. The van der Waals surface area contributed by atoms with Crippen molar-refractivity contribution in [3.05, 3.63) is 35.4 Å². The molecule has 1 aliphatic heterocycles. The van der Waals surface area contributed by atoms with Gasteiger partial charge < -0.3 is 10.0 Å². The zero-order valence-electron chi connectivity index (χ0n) is 15.2. The maximum absolute atomic E-state index is 12.5. The van der Waals surface area contributed by atoms with E-state index in [0.717, 1.165) is 5.56 Å². The van der Waals surface area contributed by atoms with Gasteiger partial charge in [0.25, 0.3) is 0 Å². The molecule has 24 heavy (non-hydrogen) atoms. The fourth-order valence-corrected chi connectivity index (χ4v) is 3.42. The van der Waals surface area contributed by atoms with Gasteiger partial charge in [0.05, 0.1) is 5.41 Å². The topological polar surface area (TPSA) is 57.6 Å². The fourth-order valence-electron chi connectivity index (χ4n) is 3.42. The zero-order chi connectivity index (χ0) is 17.9. The molecule has 1 atom stereocenters. The van der Waals surface area contributed by atoms with Crippen molar-refractivity contribution in [2.24, 2.45) is 11.3 Å². The maximum atomic E-state index is 12.5. The molecule has 1 fully saturated rings. The highest BCUT2D eigenvalue weighted by atomic mass is 16.4. The van der Waals surface area contributed by atoms with E-state index < -0.39 is 11.4 Å². The minimum Gasteiger partial charge on any atom is -0.481 e. The Bertz CT molecular complexity index is 591. The van der Waals surface area contributed by atoms with Crippen molar-refractivity contribution in [3.8, 4) is 0 Å². The van der Waals surface area contributed by atoms with Crippen LogP contribution in [0.2, 0.25) is 0 Å². The molecule has 1 aliphatic rings. The summed E-state index contributed by atoms with van der Waals surface area (Å²) in [6.45, 7) is 9.07. The number of carboxylic acid groups (broad SMARTS) is 1. The summed E-state index contributed by atoms with van der Waals surface area (Å²) in [4.78, 5) is 25.9. The van der Waals surface area contributed by atoms with Crippen molar-refractivity contribution < 1.29 is 14.7 Å². The fraction of sp³-hybridized carbons (Fsp3) is 0.600. The normalized spacial score (nSPS) is 20.8. The first kappa shape index (κ1) is 18.5. The number of rotatable bonds is 6. The number of benzene rings is 1. The molecule has 132 valence electrons. The Morgan fingerprint density at radius 3 is 2.25 bits per heavy atom. The molecule has 1 amide bonds. The minimum absolute atomic E-state index is 0.0244. The van der Waals surface area contributed by atoms with Crippen LogP contribution in [0.3, 0.4) is 0 Å². The molecule has 1 aromatic carbocycles. The number of nitrogens with zero attached hydrogens (tertiary/aromatic N) is 1. The third kappa shape index (κ3) is 3.80. The summed E-state index contributed by atoms with van der Waals surface area (Å²) in [6.07, 6.45) is 1.69. The van der Waals surface area contributed by atoms with E-state index in [1.807, 2.05) is 13.8 Å². The van der Waals surface area contributed by atoms with E-state index in [-0.39, 0.29) is 11.8 Å². The molecule has 2 rings (SSSR count). The van der Waals surface area contributed by atoms with Crippen LogP contribution in [0.1, 0.15) is 57.6 Å². The molecule has 0 aromatic heterocycles. The highest BCUT2D eigenvalue weighted by Gasteiger charge is 2.48. The van der Waals surface area contributed by atoms with E-state index in [2.05, 4.69) is 38.1 Å². The molecular weight excluding hydrogens is 302 g/mol. The lowest BCUT2D eigenvalue weighted by Gasteiger charge is -2.28. The lowest BCUT2D eigenvalue weighted by Crippen LogP contribution is -2.40. The van der Waals surface area contributed by atoms with Crippen LogP contribution >= 0.6 is 0 Å². The highest BCUT2D eigenvalue weighted by Crippen LogP contribution is 2.38. The van der Waals surface area contributed by atoms with Crippen molar-refractivity contribution in [2.75, 3.05) is 13.1 Å². The van der Waals surface area contributed by atoms with Crippen LogP contribution in [0.5, 0.6) is 0 Å². The molecule has 1 aromatic rings. The van der Waals surface area contributed by atoms with Crippen molar-refractivity contribution in [1.29, 1.82) is 0 Å². The average Bonchev–Trinajstić information content (AvgIpc) is 3.00. The average molecular weight is 331 g/mol. The number of aliphatic carboxylic acids is 1. The van der Waals surface area contributed by atoms with Crippen LogP contribution in [0.15, 0.2) is 24.3 Å². The van der Waals surface area contributed by atoms with E-state index >= 15 is 0 Å². The first-order valence-electron chi connectivity index (χ1n) is 8.86.